The molecule has 4 nitrogen and oxygen atoms in total. The monoisotopic (exact) mass is 624 g/mol. The summed E-state index contributed by atoms with van der Waals surface area (Å²) in [5, 5.41) is 20.3. The maximum absolute atomic E-state index is 10.2. The molecule has 0 bridgehead atoms. The number of anilines is 2. The topological polar surface area (TPSA) is 54.1 Å². The van der Waals surface area contributed by atoms with Crippen molar-refractivity contribution in [2.75, 3.05) is 36.0 Å². The van der Waals surface area contributed by atoms with Crippen LogP contribution in [0.2, 0.25) is 0 Å². The molecule has 0 spiro atoms. The fourth-order valence-corrected chi connectivity index (χ4v) is 8.29. The highest BCUT2D eigenvalue weighted by atomic mass is 15.1. The molecule has 0 fully saturated rings. The summed E-state index contributed by atoms with van der Waals surface area (Å²) in [4.78, 5) is 5.15. The molecule has 0 radical (unpaired) electrons. The van der Waals surface area contributed by atoms with E-state index in [9.17, 15) is 10.5 Å². The minimum absolute atomic E-state index is 0.395. The summed E-state index contributed by atoms with van der Waals surface area (Å²) in [6.07, 6.45) is 18.3. The highest BCUT2D eigenvalue weighted by Gasteiger charge is 2.25. The van der Waals surface area contributed by atoms with Crippen molar-refractivity contribution in [3.63, 3.8) is 0 Å². The third-order valence-corrected chi connectivity index (χ3v) is 10.5. The van der Waals surface area contributed by atoms with Gasteiger partial charge in [-0.1, -0.05) is 72.8 Å². The first-order valence-corrected chi connectivity index (χ1v) is 17.6. The van der Waals surface area contributed by atoms with Gasteiger partial charge in [-0.3, -0.25) is 0 Å². The zero-order valence-corrected chi connectivity index (χ0v) is 27.5. The number of nitrogens with zero attached hydrogens (tertiary/aromatic N) is 4. The van der Waals surface area contributed by atoms with Gasteiger partial charge in [0.15, 0.2) is 0 Å². The molecule has 4 aliphatic heterocycles. The summed E-state index contributed by atoms with van der Waals surface area (Å²) in [5.74, 6) is 0. The lowest BCUT2D eigenvalue weighted by Gasteiger charge is -2.37. The molecule has 4 aromatic carbocycles. The SMILES string of the molecule is N#C/C(=C(/C#N)c1ccc(/C=C/c2cc3c4c(c2)CCCN4CCC3)cc1)c1ccc(/C=C/c2cc3c4c(c2)CCCN4CCC3)cc1. The summed E-state index contributed by atoms with van der Waals surface area (Å²) in [6.45, 7) is 4.75. The lowest BCUT2D eigenvalue weighted by Crippen LogP contribution is -2.34. The van der Waals surface area contributed by atoms with Gasteiger partial charge in [-0.15, -0.1) is 0 Å². The zero-order valence-electron chi connectivity index (χ0n) is 27.5. The van der Waals surface area contributed by atoms with Gasteiger partial charge in [0.25, 0.3) is 0 Å². The lowest BCUT2D eigenvalue weighted by molar-refractivity contribution is 0.634. The Morgan fingerprint density at radius 2 is 0.771 bits per heavy atom. The Balaban J connectivity index is 0.990. The molecule has 0 saturated heterocycles. The van der Waals surface area contributed by atoms with E-state index in [0.29, 0.717) is 11.1 Å². The van der Waals surface area contributed by atoms with Crippen LogP contribution in [0.5, 0.6) is 0 Å². The first-order valence-electron chi connectivity index (χ1n) is 17.6. The highest BCUT2D eigenvalue weighted by Crippen LogP contribution is 2.38. The van der Waals surface area contributed by atoms with E-state index in [-0.39, 0.29) is 0 Å². The molecule has 0 atom stereocenters. The molecule has 8 rings (SSSR count). The molecule has 4 heteroatoms. The van der Waals surface area contributed by atoms with Crippen molar-refractivity contribution in [1.29, 1.82) is 10.5 Å². The van der Waals surface area contributed by atoms with Crippen molar-refractivity contribution < 1.29 is 0 Å². The molecule has 0 saturated carbocycles. The van der Waals surface area contributed by atoms with Crippen LogP contribution in [0.4, 0.5) is 11.4 Å². The van der Waals surface area contributed by atoms with E-state index in [4.69, 9.17) is 0 Å². The lowest BCUT2D eigenvalue weighted by atomic mass is 9.90. The van der Waals surface area contributed by atoms with Gasteiger partial charge in [0.1, 0.15) is 12.1 Å². The standard InChI is InChI=1S/C44H40N4/c45-29-41(35-17-13-31(14-18-35)9-11-33-25-37-5-1-21-47-22-2-6-38(26-33)43(37)47)42(30-46)36-19-15-32(16-20-36)10-12-34-27-39-7-3-23-48-24-4-8-40(28-34)44(39)48/h9-20,25-28H,1-8,21-24H2/b11-9+,12-10+,42-41+. The van der Waals surface area contributed by atoms with E-state index in [1.807, 2.05) is 48.5 Å². The van der Waals surface area contributed by atoms with Crippen LogP contribution in [-0.4, -0.2) is 26.2 Å². The molecule has 0 N–H and O–H groups in total. The Labute approximate surface area is 284 Å². The van der Waals surface area contributed by atoms with E-state index in [1.54, 1.807) is 0 Å². The zero-order chi connectivity index (χ0) is 32.5. The number of benzene rings is 4. The van der Waals surface area contributed by atoms with Gasteiger partial charge < -0.3 is 9.80 Å². The van der Waals surface area contributed by atoms with Gasteiger partial charge in [-0.2, -0.15) is 10.5 Å². The largest absolute Gasteiger partial charge is 0.371 e. The summed E-state index contributed by atoms with van der Waals surface area (Å²) in [7, 11) is 0. The van der Waals surface area contributed by atoms with E-state index in [0.717, 1.165) is 47.9 Å². The Bertz CT molecular complexity index is 1840. The minimum Gasteiger partial charge on any atom is -0.371 e. The Hall–Kier alpha value is -5.32. The first-order chi connectivity index (χ1) is 23.7. The summed E-state index contributed by atoms with van der Waals surface area (Å²) in [6, 6.07) is 30.0. The van der Waals surface area contributed by atoms with Crippen molar-refractivity contribution in [2.24, 2.45) is 0 Å². The molecule has 48 heavy (non-hydrogen) atoms. The maximum atomic E-state index is 10.2. The second-order valence-corrected chi connectivity index (χ2v) is 13.6. The average Bonchev–Trinajstić information content (AvgIpc) is 3.13. The van der Waals surface area contributed by atoms with Gasteiger partial charge in [0, 0.05) is 37.6 Å². The molecule has 4 aliphatic rings. The van der Waals surface area contributed by atoms with Crippen LogP contribution < -0.4 is 9.80 Å². The fourth-order valence-electron chi connectivity index (χ4n) is 8.29. The molecule has 0 unspecified atom stereocenters. The summed E-state index contributed by atoms with van der Waals surface area (Å²) in [5.41, 5.74) is 15.9. The predicted octanol–water partition coefficient (Wildman–Crippen LogP) is 9.38. The average molecular weight is 625 g/mol. The molecule has 0 amide bonds. The smallest absolute Gasteiger partial charge is 0.101 e. The van der Waals surface area contributed by atoms with Crippen molar-refractivity contribution in [1.82, 2.24) is 0 Å². The number of rotatable bonds is 6. The van der Waals surface area contributed by atoms with Crippen LogP contribution in [0.25, 0.3) is 35.5 Å². The Morgan fingerprint density at radius 3 is 1.08 bits per heavy atom. The second kappa shape index (κ2) is 13.1. The van der Waals surface area contributed by atoms with Gasteiger partial charge in [0.2, 0.25) is 0 Å². The van der Waals surface area contributed by atoms with Crippen molar-refractivity contribution >= 4 is 46.8 Å². The predicted molar refractivity (Wildman–Crippen MR) is 199 cm³/mol. The van der Waals surface area contributed by atoms with Crippen LogP contribution in [0.3, 0.4) is 0 Å². The van der Waals surface area contributed by atoms with Gasteiger partial charge in [0.05, 0.1) is 11.1 Å². The van der Waals surface area contributed by atoms with Crippen molar-refractivity contribution in [2.45, 2.75) is 51.4 Å². The molecule has 4 aromatic rings. The number of allylic oxidation sites excluding steroid dienone is 2. The second-order valence-electron chi connectivity index (χ2n) is 13.6. The highest BCUT2D eigenvalue weighted by molar-refractivity contribution is 6.02. The molecule has 0 aromatic heterocycles. The third-order valence-electron chi connectivity index (χ3n) is 10.5. The van der Waals surface area contributed by atoms with Crippen LogP contribution in [0.1, 0.15) is 81.3 Å². The first kappa shape index (κ1) is 30.0. The van der Waals surface area contributed by atoms with Crippen LogP contribution in [-0.2, 0) is 25.7 Å². The summed E-state index contributed by atoms with van der Waals surface area (Å²) >= 11 is 0. The molecule has 236 valence electrons. The van der Waals surface area contributed by atoms with E-state index in [1.165, 1.54) is 96.6 Å². The van der Waals surface area contributed by atoms with Gasteiger partial charge in [-0.25, -0.2) is 0 Å². The van der Waals surface area contributed by atoms with Gasteiger partial charge >= 0.3 is 0 Å². The molecular weight excluding hydrogens is 585 g/mol. The van der Waals surface area contributed by atoms with Crippen molar-refractivity contribution in [3.05, 3.63) is 128 Å². The third kappa shape index (κ3) is 5.85. The van der Waals surface area contributed by atoms with E-state index in [2.05, 4.69) is 70.5 Å². The maximum Gasteiger partial charge on any atom is 0.101 e. The molecule has 0 aliphatic carbocycles. The quantitative estimate of drug-likeness (QED) is 0.158. The number of hydrogen-bond donors (Lipinski definition) is 0. The number of hydrogen-bond acceptors (Lipinski definition) is 4. The fraction of sp³-hybridized carbons (Fsp3) is 0.273. The summed E-state index contributed by atoms with van der Waals surface area (Å²) < 4.78 is 0. The normalized spacial score (nSPS) is 17.0. The van der Waals surface area contributed by atoms with Crippen LogP contribution >= 0.6 is 0 Å². The number of nitriles is 2. The van der Waals surface area contributed by atoms with Crippen LogP contribution in [0, 0.1) is 22.7 Å². The number of aryl methyl sites for hydroxylation is 4. The van der Waals surface area contributed by atoms with Crippen LogP contribution in [0.15, 0.2) is 72.8 Å². The van der Waals surface area contributed by atoms with E-state index < -0.39 is 0 Å². The molecular formula is C44H40N4. The minimum atomic E-state index is 0.395. The van der Waals surface area contributed by atoms with Gasteiger partial charge in [-0.05, 0) is 131 Å². The van der Waals surface area contributed by atoms with E-state index >= 15 is 0 Å². The Morgan fingerprint density at radius 1 is 0.458 bits per heavy atom. The van der Waals surface area contributed by atoms with Crippen molar-refractivity contribution in [3.8, 4) is 12.1 Å². The molecule has 4 heterocycles. The Kier molecular flexibility index (Phi) is 8.17.